The molecule has 1 aromatic carbocycles. The molecule has 0 unspecified atom stereocenters. The van der Waals surface area contributed by atoms with E-state index in [0.29, 0.717) is 37.3 Å². The summed E-state index contributed by atoms with van der Waals surface area (Å²) >= 11 is 0. The number of esters is 1. The molecule has 0 spiro atoms. The number of rotatable bonds is 14. The molecule has 0 saturated heterocycles. The third-order valence-electron chi connectivity index (χ3n) is 4.23. The second-order valence-corrected chi connectivity index (χ2v) is 6.81. The van der Waals surface area contributed by atoms with Gasteiger partial charge in [-0.1, -0.05) is 12.8 Å². The number of unbranched alkanes of at least 4 members (excludes halogenated alkanes) is 4. The fourth-order valence-corrected chi connectivity index (χ4v) is 2.76. The van der Waals surface area contributed by atoms with Crippen LogP contribution in [0.5, 0.6) is 0 Å². The van der Waals surface area contributed by atoms with Crippen LogP contribution in [0.15, 0.2) is 18.2 Å². The molecule has 0 atom stereocenters. The van der Waals surface area contributed by atoms with Gasteiger partial charge >= 0.3 is 5.97 Å². The van der Waals surface area contributed by atoms with E-state index in [4.69, 9.17) is 16.2 Å². The fraction of sp³-hybridized carbons (Fsp3) is 0.571. The topological polar surface area (TPSA) is 137 Å². The second-order valence-electron chi connectivity index (χ2n) is 6.81. The molecule has 0 saturated carbocycles. The van der Waals surface area contributed by atoms with Crippen molar-refractivity contribution in [1.29, 1.82) is 0 Å². The highest BCUT2D eigenvalue weighted by atomic mass is 35.5. The van der Waals surface area contributed by atoms with Crippen molar-refractivity contribution < 1.29 is 19.1 Å². The summed E-state index contributed by atoms with van der Waals surface area (Å²) < 4.78 is 5.04. The van der Waals surface area contributed by atoms with Gasteiger partial charge in [0.1, 0.15) is 0 Å². The molecule has 1 aromatic rings. The Hall–Kier alpha value is -1.87. The lowest BCUT2D eigenvalue weighted by atomic mass is 10.1. The highest BCUT2D eigenvalue weighted by Crippen LogP contribution is 2.21. The molecule has 6 N–H and O–H groups in total. The van der Waals surface area contributed by atoms with Crippen molar-refractivity contribution in [3.8, 4) is 0 Å². The molecule has 0 radical (unpaired) electrons. The van der Waals surface area contributed by atoms with Crippen LogP contribution in [-0.2, 0) is 14.3 Å². The quantitative estimate of drug-likeness (QED) is 0.238. The van der Waals surface area contributed by atoms with Crippen LogP contribution in [-0.4, -0.2) is 37.5 Å². The molecule has 2 amide bonds. The molecule has 0 aromatic heterocycles. The first kappa shape index (κ1) is 31.3. The Kier molecular flexibility index (Phi) is 19.1. The zero-order valence-corrected chi connectivity index (χ0v) is 19.7. The monoisotopic (exact) mass is 478 g/mol. The van der Waals surface area contributed by atoms with E-state index in [1.165, 1.54) is 0 Å². The van der Waals surface area contributed by atoms with E-state index in [1.54, 1.807) is 25.1 Å². The zero-order valence-electron chi connectivity index (χ0n) is 18.1. The van der Waals surface area contributed by atoms with Gasteiger partial charge in [-0.15, -0.1) is 24.8 Å². The fourth-order valence-electron chi connectivity index (χ4n) is 2.76. The van der Waals surface area contributed by atoms with Crippen LogP contribution in [0, 0.1) is 0 Å². The van der Waals surface area contributed by atoms with Gasteiger partial charge in [-0.05, 0) is 63.9 Å². The number of halogens is 2. The molecular formula is C21H36Cl2N4O4. The average Bonchev–Trinajstić information content (AvgIpc) is 2.68. The lowest BCUT2D eigenvalue weighted by Gasteiger charge is -2.12. The van der Waals surface area contributed by atoms with Crippen molar-refractivity contribution in [2.75, 3.05) is 30.3 Å². The lowest BCUT2D eigenvalue weighted by Crippen LogP contribution is -2.15. The minimum absolute atomic E-state index is 0. The van der Waals surface area contributed by atoms with Crippen molar-refractivity contribution in [3.63, 3.8) is 0 Å². The molecule has 178 valence electrons. The number of anilines is 2. The van der Waals surface area contributed by atoms with E-state index < -0.39 is 5.97 Å². The normalized spacial score (nSPS) is 9.77. The molecule has 0 aliphatic heterocycles. The third-order valence-corrected chi connectivity index (χ3v) is 4.23. The summed E-state index contributed by atoms with van der Waals surface area (Å²) in [7, 11) is 0. The molecule has 1 rings (SSSR count). The number of benzene rings is 1. The van der Waals surface area contributed by atoms with Crippen LogP contribution in [0.3, 0.4) is 0 Å². The van der Waals surface area contributed by atoms with Crippen LogP contribution in [0.4, 0.5) is 11.4 Å². The standard InChI is InChI=1S/C21H34N4O4.2ClH/c1-2-29-21(28)16-13-17(24-19(26)9-5-3-7-11-22)15-18(14-16)25-20(27)10-6-4-8-12-23;;/h13-15H,2-12,22-23H2,1H3,(H,24,26)(H,25,27);2*1H. The Morgan fingerprint density at radius 1 is 0.774 bits per heavy atom. The SMILES string of the molecule is CCOC(=O)c1cc(NC(=O)CCCCCN)cc(NC(=O)CCCCCN)c1.Cl.Cl. The zero-order chi connectivity index (χ0) is 21.5. The summed E-state index contributed by atoms with van der Waals surface area (Å²) in [4.78, 5) is 36.5. The van der Waals surface area contributed by atoms with E-state index in [0.717, 1.165) is 38.5 Å². The van der Waals surface area contributed by atoms with Crippen LogP contribution in [0.1, 0.15) is 68.6 Å². The van der Waals surface area contributed by atoms with Crippen LogP contribution >= 0.6 is 24.8 Å². The first-order valence-electron chi connectivity index (χ1n) is 10.3. The van der Waals surface area contributed by atoms with Crippen LogP contribution < -0.4 is 22.1 Å². The summed E-state index contributed by atoms with van der Waals surface area (Å²) in [5.74, 6) is -0.811. The van der Waals surface area contributed by atoms with E-state index in [9.17, 15) is 14.4 Å². The van der Waals surface area contributed by atoms with Gasteiger partial charge in [-0.25, -0.2) is 4.79 Å². The van der Waals surface area contributed by atoms with Crippen molar-refractivity contribution >= 4 is 54.0 Å². The van der Waals surface area contributed by atoms with Gasteiger partial charge in [-0.3, -0.25) is 9.59 Å². The number of ether oxygens (including phenoxy) is 1. The maximum Gasteiger partial charge on any atom is 0.338 e. The van der Waals surface area contributed by atoms with E-state index in [-0.39, 0.29) is 48.8 Å². The van der Waals surface area contributed by atoms with Gasteiger partial charge in [0, 0.05) is 24.2 Å². The van der Waals surface area contributed by atoms with Gasteiger partial charge in [0.2, 0.25) is 11.8 Å². The van der Waals surface area contributed by atoms with Crippen molar-refractivity contribution in [1.82, 2.24) is 0 Å². The molecule has 8 nitrogen and oxygen atoms in total. The summed E-state index contributed by atoms with van der Waals surface area (Å²) in [5, 5.41) is 5.57. The highest BCUT2D eigenvalue weighted by molar-refractivity contribution is 5.98. The molecule has 0 aliphatic rings. The van der Waals surface area contributed by atoms with Gasteiger partial charge < -0.3 is 26.8 Å². The Bertz CT molecular complexity index is 631. The minimum atomic E-state index is -0.509. The number of amides is 2. The van der Waals surface area contributed by atoms with Crippen molar-refractivity contribution in [2.45, 2.75) is 58.3 Å². The highest BCUT2D eigenvalue weighted by Gasteiger charge is 2.13. The first-order chi connectivity index (χ1) is 14.0. The summed E-state index contributed by atoms with van der Waals surface area (Å²) in [5.41, 5.74) is 12.1. The Labute approximate surface area is 197 Å². The summed E-state index contributed by atoms with van der Waals surface area (Å²) in [6, 6.07) is 4.73. The predicted octanol–water partition coefficient (Wildman–Crippen LogP) is 3.62. The van der Waals surface area contributed by atoms with Crippen molar-refractivity contribution in [2.24, 2.45) is 11.5 Å². The van der Waals surface area contributed by atoms with Gasteiger partial charge in [-0.2, -0.15) is 0 Å². The lowest BCUT2D eigenvalue weighted by molar-refractivity contribution is -0.117. The molecule has 0 heterocycles. The average molecular weight is 479 g/mol. The number of carbonyl (C=O) groups excluding carboxylic acids is 3. The molecule has 31 heavy (non-hydrogen) atoms. The number of nitrogens with two attached hydrogens (primary N) is 2. The molecule has 0 bridgehead atoms. The maximum atomic E-state index is 12.2. The number of hydrogen-bond acceptors (Lipinski definition) is 6. The Morgan fingerprint density at radius 2 is 1.23 bits per heavy atom. The molecule has 10 heteroatoms. The van der Waals surface area contributed by atoms with E-state index >= 15 is 0 Å². The molecule has 0 aliphatic carbocycles. The van der Waals surface area contributed by atoms with Crippen molar-refractivity contribution in [3.05, 3.63) is 23.8 Å². The smallest absolute Gasteiger partial charge is 0.338 e. The minimum Gasteiger partial charge on any atom is -0.462 e. The van der Waals surface area contributed by atoms with Gasteiger partial charge in [0.15, 0.2) is 0 Å². The van der Waals surface area contributed by atoms with Gasteiger partial charge in [0.05, 0.1) is 12.2 Å². The predicted molar refractivity (Wildman–Crippen MR) is 129 cm³/mol. The molecule has 0 fully saturated rings. The Morgan fingerprint density at radius 3 is 1.61 bits per heavy atom. The van der Waals surface area contributed by atoms with Crippen LogP contribution in [0.2, 0.25) is 0 Å². The number of carbonyl (C=O) groups is 3. The number of hydrogen-bond donors (Lipinski definition) is 4. The van der Waals surface area contributed by atoms with Gasteiger partial charge in [0.25, 0.3) is 0 Å². The summed E-state index contributed by atoms with van der Waals surface area (Å²) in [6.45, 7) is 3.17. The second kappa shape index (κ2) is 18.9. The third kappa shape index (κ3) is 13.9. The van der Waals surface area contributed by atoms with E-state index in [1.807, 2.05) is 0 Å². The summed E-state index contributed by atoms with van der Waals surface area (Å²) in [6.07, 6.45) is 5.76. The maximum absolute atomic E-state index is 12.2. The van der Waals surface area contributed by atoms with E-state index in [2.05, 4.69) is 10.6 Å². The number of nitrogens with one attached hydrogen (secondary N) is 2. The first-order valence-corrected chi connectivity index (χ1v) is 10.3. The Balaban J connectivity index is 0. The largest absolute Gasteiger partial charge is 0.462 e. The van der Waals surface area contributed by atoms with Crippen LogP contribution in [0.25, 0.3) is 0 Å². The molecular weight excluding hydrogens is 443 g/mol.